The van der Waals surface area contributed by atoms with Crippen molar-refractivity contribution in [3.8, 4) is 0 Å². The molecule has 1 unspecified atom stereocenters. The summed E-state index contributed by atoms with van der Waals surface area (Å²) in [5.74, 6) is -0.868. The summed E-state index contributed by atoms with van der Waals surface area (Å²) in [6.07, 6.45) is 5.02. The van der Waals surface area contributed by atoms with Crippen LogP contribution < -0.4 is 5.32 Å². The molecule has 136 valence electrons. The first-order valence-electron chi connectivity index (χ1n) is 8.89. The average molecular weight is 364 g/mol. The maximum absolute atomic E-state index is 12.8. The van der Waals surface area contributed by atoms with E-state index in [4.69, 9.17) is 4.74 Å². The molecule has 2 amide bonds. The number of carbonyl (C=O) groups excluding carboxylic acids is 3. The molecule has 1 atom stereocenters. The molecule has 2 aliphatic rings. The zero-order valence-electron chi connectivity index (χ0n) is 14.7. The monoisotopic (exact) mass is 364 g/mol. The number of amides is 2. The van der Waals surface area contributed by atoms with Gasteiger partial charge in [0.05, 0.1) is 5.56 Å². The number of esters is 1. The van der Waals surface area contributed by atoms with Crippen LogP contribution in [0.25, 0.3) is 0 Å². The molecule has 0 spiro atoms. The number of carbonyl (C=O) groups is 3. The number of aryl methyl sites for hydroxylation is 1. The van der Waals surface area contributed by atoms with Crippen LogP contribution in [0.4, 0.5) is 5.00 Å². The summed E-state index contributed by atoms with van der Waals surface area (Å²) < 4.78 is 5.48. The summed E-state index contributed by atoms with van der Waals surface area (Å²) in [6, 6.07) is 0. The number of hydrogen-bond donors (Lipinski definition) is 1. The predicted molar refractivity (Wildman–Crippen MR) is 96.0 cm³/mol. The molecule has 0 aromatic carbocycles. The van der Waals surface area contributed by atoms with E-state index in [0.29, 0.717) is 10.6 Å². The fourth-order valence-electron chi connectivity index (χ4n) is 3.49. The summed E-state index contributed by atoms with van der Waals surface area (Å²) in [5, 5.41) is 3.30. The van der Waals surface area contributed by atoms with E-state index in [1.165, 1.54) is 18.3 Å². The fraction of sp³-hybridized carbons (Fsp3) is 0.611. The van der Waals surface area contributed by atoms with Crippen LogP contribution in [0.5, 0.6) is 0 Å². The second-order valence-corrected chi connectivity index (χ2v) is 7.78. The lowest BCUT2D eigenvalue weighted by Crippen LogP contribution is -2.38. The molecule has 6 nitrogen and oxygen atoms in total. The van der Waals surface area contributed by atoms with E-state index in [-0.39, 0.29) is 11.8 Å². The fourth-order valence-corrected chi connectivity index (χ4v) is 4.82. The van der Waals surface area contributed by atoms with Crippen molar-refractivity contribution in [3.63, 3.8) is 0 Å². The molecule has 1 fully saturated rings. The number of anilines is 1. The average Bonchev–Trinajstić information content (AvgIpc) is 3.20. The first-order valence-corrected chi connectivity index (χ1v) is 9.71. The van der Waals surface area contributed by atoms with Crippen LogP contribution in [-0.4, -0.2) is 41.9 Å². The van der Waals surface area contributed by atoms with Crippen molar-refractivity contribution >= 4 is 34.1 Å². The Bertz CT molecular complexity index is 691. The van der Waals surface area contributed by atoms with Crippen molar-refractivity contribution in [2.45, 2.75) is 58.5 Å². The van der Waals surface area contributed by atoms with Crippen molar-refractivity contribution in [1.29, 1.82) is 0 Å². The summed E-state index contributed by atoms with van der Waals surface area (Å²) in [6.45, 7) is 4.50. The molecule has 3 rings (SSSR count). The first kappa shape index (κ1) is 17.9. The molecule has 0 bridgehead atoms. The molecule has 1 aromatic heterocycles. The maximum atomic E-state index is 12.8. The van der Waals surface area contributed by atoms with Crippen LogP contribution in [0.15, 0.2) is 0 Å². The first-order chi connectivity index (χ1) is 12.0. The Hall–Kier alpha value is -1.89. The molecule has 1 N–H and O–H groups in total. The molecule has 25 heavy (non-hydrogen) atoms. The third kappa shape index (κ3) is 3.86. The van der Waals surface area contributed by atoms with Crippen LogP contribution in [0.3, 0.4) is 0 Å². The summed E-state index contributed by atoms with van der Waals surface area (Å²) >= 11 is 1.45. The molecular formula is C18H24N2O4S. The second-order valence-electron chi connectivity index (χ2n) is 6.68. The minimum absolute atomic E-state index is 0.143. The Morgan fingerprint density at radius 2 is 1.80 bits per heavy atom. The van der Waals surface area contributed by atoms with Crippen molar-refractivity contribution in [1.82, 2.24) is 4.90 Å². The van der Waals surface area contributed by atoms with Gasteiger partial charge in [-0.3, -0.25) is 9.59 Å². The van der Waals surface area contributed by atoms with Crippen LogP contribution in [0.2, 0.25) is 0 Å². The third-order valence-corrected chi connectivity index (χ3v) is 5.92. The van der Waals surface area contributed by atoms with Crippen LogP contribution in [0, 0.1) is 0 Å². The van der Waals surface area contributed by atoms with Crippen LogP contribution in [0.1, 0.15) is 60.3 Å². The lowest BCUT2D eigenvalue weighted by atomic mass is 9.95. The number of likely N-dealkylation sites (tertiary alicyclic amines) is 1. The SMILES string of the molecule is CC(=O)Nc1sc2c(c1C(=O)OC(C)C(=O)N1CCCC1)CCCC2. The van der Waals surface area contributed by atoms with Gasteiger partial charge in [0, 0.05) is 24.9 Å². The molecule has 1 saturated heterocycles. The van der Waals surface area contributed by atoms with Crippen molar-refractivity contribution in [3.05, 3.63) is 16.0 Å². The third-order valence-electron chi connectivity index (χ3n) is 4.71. The van der Waals surface area contributed by atoms with Gasteiger partial charge in [0.1, 0.15) is 5.00 Å². The molecule has 2 heterocycles. The van der Waals surface area contributed by atoms with Gasteiger partial charge in [0.15, 0.2) is 6.10 Å². The van der Waals surface area contributed by atoms with Gasteiger partial charge >= 0.3 is 5.97 Å². The molecule has 1 aromatic rings. The van der Waals surface area contributed by atoms with Gasteiger partial charge in [0.2, 0.25) is 5.91 Å². The smallest absolute Gasteiger partial charge is 0.342 e. The van der Waals surface area contributed by atoms with E-state index in [9.17, 15) is 14.4 Å². The molecule has 0 saturated carbocycles. The van der Waals surface area contributed by atoms with Crippen LogP contribution >= 0.6 is 11.3 Å². The zero-order chi connectivity index (χ0) is 18.0. The van der Waals surface area contributed by atoms with E-state index in [0.717, 1.165) is 62.1 Å². The van der Waals surface area contributed by atoms with Gasteiger partial charge in [-0.15, -0.1) is 11.3 Å². The normalized spacial score (nSPS) is 17.8. The number of hydrogen-bond acceptors (Lipinski definition) is 5. The standard InChI is InChI=1S/C18H24N2O4S/c1-11(17(22)20-9-5-6-10-20)24-18(23)15-13-7-3-4-8-14(13)25-16(15)19-12(2)21/h11H,3-10H2,1-2H3,(H,19,21). The van der Waals surface area contributed by atoms with Crippen molar-refractivity contribution < 1.29 is 19.1 Å². The Morgan fingerprint density at radius 3 is 2.48 bits per heavy atom. The number of ether oxygens (including phenoxy) is 1. The van der Waals surface area contributed by atoms with Gasteiger partial charge in [-0.05, 0) is 51.0 Å². The van der Waals surface area contributed by atoms with Gasteiger partial charge in [-0.2, -0.15) is 0 Å². The van der Waals surface area contributed by atoms with Gasteiger partial charge < -0.3 is 15.0 Å². The highest BCUT2D eigenvalue weighted by Gasteiger charge is 2.31. The molecule has 1 aliphatic heterocycles. The van der Waals surface area contributed by atoms with Crippen LogP contribution in [-0.2, 0) is 27.2 Å². The summed E-state index contributed by atoms with van der Waals surface area (Å²) in [4.78, 5) is 39.5. The van der Waals surface area contributed by atoms with E-state index in [2.05, 4.69) is 5.32 Å². The van der Waals surface area contributed by atoms with Gasteiger partial charge in [-0.25, -0.2) is 4.79 Å². The summed E-state index contributed by atoms with van der Waals surface area (Å²) in [7, 11) is 0. The quantitative estimate of drug-likeness (QED) is 0.834. The Kier molecular flexibility index (Phi) is 5.42. The summed E-state index contributed by atoms with van der Waals surface area (Å²) in [5.41, 5.74) is 1.42. The number of nitrogens with one attached hydrogen (secondary N) is 1. The van der Waals surface area contributed by atoms with Gasteiger partial charge in [0.25, 0.3) is 5.91 Å². The topological polar surface area (TPSA) is 75.7 Å². The highest BCUT2D eigenvalue weighted by molar-refractivity contribution is 7.17. The maximum Gasteiger partial charge on any atom is 0.342 e. The number of nitrogens with zero attached hydrogens (tertiary/aromatic N) is 1. The van der Waals surface area contributed by atoms with E-state index in [1.54, 1.807) is 11.8 Å². The Balaban J connectivity index is 1.79. The minimum Gasteiger partial charge on any atom is -0.449 e. The van der Waals surface area contributed by atoms with Crippen molar-refractivity contribution in [2.75, 3.05) is 18.4 Å². The lowest BCUT2D eigenvalue weighted by Gasteiger charge is -2.21. The van der Waals surface area contributed by atoms with Crippen molar-refractivity contribution in [2.24, 2.45) is 0 Å². The molecule has 7 heteroatoms. The molecule has 0 radical (unpaired) electrons. The number of rotatable bonds is 4. The minimum atomic E-state index is -0.810. The second kappa shape index (κ2) is 7.56. The molecule has 1 aliphatic carbocycles. The Morgan fingerprint density at radius 1 is 1.12 bits per heavy atom. The lowest BCUT2D eigenvalue weighted by molar-refractivity contribution is -0.138. The van der Waals surface area contributed by atoms with E-state index < -0.39 is 12.1 Å². The predicted octanol–water partition coefficient (Wildman–Crippen LogP) is 2.75. The highest BCUT2D eigenvalue weighted by atomic mass is 32.1. The largest absolute Gasteiger partial charge is 0.449 e. The highest BCUT2D eigenvalue weighted by Crippen LogP contribution is 2.38. The number of thiophene rings is 1. The zero-order valence-corrected chi connectivity index (χ0v) is 15.5. The number of fused-ring (bicyclic) bond motifs is 1. The van der Waals surface area contributed by atoms with E-state index >= 15 is 0 Å². The van der Waals surface area contributed by atoms with E-state index in [1.807, 2.05) is 0 Å². The Labute approximate surface area is 151 Å². The van der Waals surface area contributed by atoms with Gasteiger partial charge in [-0.1, -0.05) is 0 Å². The molecular weight excluding hydrogens is 340 g/mol.